The minimum Gasteiger partial charge on any atom is -0.306 e. The van der Waals surface area contributed by atoms with Crippen molar-refractivity contribution < 1.29 is 0 Å². The van der Waals surface area contributed by atoms with Gasteiger partial charge in [-0.15, -0.1) is 0 Å². The third kappa shape index (κ3) is 2.94. The number of aromatic nitrogens is 2. The standard InChI is InChI=1S/C13H15BrClN3/c1-3-16-13(9-7-17-18(2)8-9)11-6-10(14)4-5-12(11)15/h4-8,13,16H,3H2,1-2H3. The van der Waals surface area contributed by atoms with E-state index in [0.29, 0.717) is 0 Å². The van der Waals surface area contributed by atoms with Crippen molar-refractivity contribution in [1.82, 2.24) is 15.1 Å². The van der Waals surface area contributed by atoms with Crippen LogP contribution in [0.1, 0.15) is 24.1 Å². The summed E-state index contributed by atoms with van der Waals surface area (Å²) in [5.74, 6) is 0. The number of hydrogen-bond donors (Lipinski definition) is 1. The molecule has 0 fully saturated rings. The van der Waals surface area contributed by atoms with Crippen molar-refractivity contribution >= 4 is 27.5 Å². The summed E-state index contributed by atoms with van der Waals surface area (Å²) in [6.45, 7) is 2.94. The van der Waals surface area contributed by atoms with Gasteiger partial charge in [-0.05, 0) is 30.3 Å². The Morgan fingerprint density at radius 3 is 2.89 bits per heavy atom. The number of hydrogen-bond acceptors (Lipinski definition) is 2. The van der Waals surface area contributed by atoms with E-state index < -0.39 is 0 Å². The van der Waals surface area contributed by atoms with Crippen molar-refractivity contribution in [2.24, 2.45) is 7.05 Å². The Bertz CT molecular complexity index is 539. The molecule has 1 aromatic carbocycles. The van der Waals surface area contributed by atoms with Gasteiger partial charge < -0.3 is 5.32 Å². The molecule has 0 radical (unpaired) electrons. The van der Waals surface area contributed by atoms with Crippen LogP contribution in [0.4, 0.5) is 0 Å². The largest absolute Gasteiger partial charge is 0.306 e. The Labute approximate surface area is 120 Å². The normalized spacial score (nSPS) is 12.7. The van der Waals surface area contributed by atoms with Crippen molar-refractivity contribution in [3.05, 3.63) is 51.2 Å². The second kappa shape index (κ2) is 5.87. The van der Waals surface area contributed by atoms with E-state index in [9.17, 15) is 0 Å². The molecule has 0 amide bonds. The molecule has 0 aliphatic heterocycles. The summed E-state index contributed by atoms with van der Waals surface area (Å²) in [5, 5.41) is 8.41. The Kier molecular flexibility index (Phi) is 4.43. The van der Waals surface area contributed by atoms with E-state index in [2.05, 4.69) is 33.3 Å². The van der Waals surface area contributed by atoms with Gasteiger partial charge in [0.05, 0.1) is 12.2 Å². The second-order valence-corrected chi connectivity index (χ2v) is 5.43. The number of benzene rings is 1. The van der Waals surface area contributed by atoms with Gasteiger partial charge in [0.25, 0.3) is 0 Å². The smallest absolute Gasteiger partial charge is 0.0622 e. The molecule has 1 unspecified atom stereocenters. The highest BCUT2D eigenvalue weighted by molar-refractivity contribution is 9.10. The topological polar surface area (TPSA) is 29.9 Å². The lowest BCUT2D eigenvalue weighted by molar-refractivity contribution is 0.629. The third-order valence-electron chi connectivity index (χ3n) is 2.74. The van der Waals surface area contributed by atoms with Crippen LogP contribution < -0.4 is 5.32 Å². The van der Waals surface area contributed by atoms with Crippen LogP contribution >= 0.6 is 27.5 Å². The van der Waals surface area contributed by atoms with Crippen molar-refractivity contribution in [2.45, 2.75) is 13.0 Å². The summed E-state index contributed by atoms with van der Waals surface area (Å²) in [4.78, 5) is 0. The maximum atomic E-state index is 6.30. The second-order valence-electron chi connectivity index (χ2n) is 4.10. The van der Waals surface area contributed by atoms with Crippen LogP contribution in [-0.4, -0.2) is 16.3 Å². The summed E-state index contributed by atoms with van der Waals surface area (Å²) in [5.41, 5.74) is 2.17. The van der Waals surface area contributed by atoms with Crippen molar-refractivity contribution in [3.8, 4) is 0 Å². The first-order valence-corrected chi connectivity index (χ1v) is 6.95. The lowest BCUT2D eigenvalue weighted by atomic mass is 10.0. The van der Waals surface area contributed by atoms with E-state index in [0.717, 1.165) is 27.2 Å². The van der Waals surface area contributed by atoms with Crippen molar-refractivity contribution in [1.29, 1.82) is 0 Å². The molecule has 0 saturated heterocycles. The predicted molar refractivity (Wildman–Crippen MR) is 77.9 cm³/mol. The highest BCUT2D eigenvalue weighted by Crippen LogP contribution is 2.30. The molecule has 0 spiro atoms. The fourth-order valence-corrected chi connectivity index (χ4v) is 2.54. The molecule has 18 heavy (non-hydrogen) atoms. The first-order valence-electron chi connectivity index (χ1n) is 5.78. The molecule has 0 bridgehead atoms. The van der Waals surface area contributed by atoms with Crippen molar-refractivity contribution in [2.75, 3.05) is 6.54 Å². The molecule has 3 nitrogen and oxygen atoms in total. The number of halogens is 2. The first kappa shape index (κ1) is 13.6. The predicted octanol–water partition coefficient (Wildman–Crippen LogP) is 3.53. The van der Waals surface area contributed by atoms with Crippen LogP contribution in [0.15, 0.2) is 35.1 Å². The molecular weight excluding hydrogens is 314 g/mol. The Morgan fingerprint density at radius 2 is 2.28 bits per heavy atom. The van der Waals surface area contributed by atoms with Gasteiger partial charge in [0.2, 0.25) is 0 Å². The summed E-state index contributed by atoms with van der Waals surface area (Å²) in [7, 11) is 1.91. The average Bonchev–Trinajstić information content (AvgIpc) is 2.76. The molecule has 5 heteroatoms. The van der Waals surface area contributed by atoms with Gasteiger partial charge in [-0.1, -0.05) is 34.5 Å². The Hall–Kier alpha value is -0.840. The number of aryl methyl sites for hydroxylation is 1. The van der Waals surface area contributed by atoms with Gasteiger partial charge in [-0.2, -0.15) is 5.10 Å². The van der Waals surface area contributed by atoms with E-state index >= 15 is 0 Å². The average molecular weight is 329 g/mol. The lowest BCUT2D eigenvalue weighted by Gasteiger charge is -2.18. The monoisotopic (exact) mass is 327 g/mol. The Balaban J connectivity index is 2.44. The van der Waals surface area contributed by atoms with E-state index in [1.54, 1.807) is 4.68 Å². The summed E-state index contributed by atoms with van der Waals surface area (Å²) in [6, 6.07) is 5.95. The van der Waals surface area contributed by atoms with Gasteiger partial charge in [-0.25, -0.2) is 0 Å². The maximum absolute atomic E-state index is 6.30. The SMILES string of the molecule is CCNC(c1cnn(C)c1)c1cc(Br)ccc1Cl. The van der Waals surface area contributed by atoms with Gasteiger partial charge in [0.15, 0.2) is 0 Å². The van der Waals surface area contributed by atoms with Gasteiger partial charge in [0.1, 0.15) is 0 Å². The number of nitrogens with zero attached hydrogens (tertiary/aromatic N) is 2. The minimum absolute atomic E-state index is 0.0636. The summed E-state index contributed by atoms with van der Waals surface area (Å²) >= 11 is 9.78. The van der Waals surface area contributed by atoms with Gasteiger partial charge in [-0.3, -0.25) is 4.68 Å². The zero-order valence-corrected chi connectivity index (χ0v) is 12.7. The van der Waals surface area contributed by atoms with Crippen LogP contribution in [0, 0.1) is 0 Å². The molecule has 1 aromatic heterocycles. The quantitative estimate of drug-likeness (QED) is 0.930. The molecule has 1 heterocycles. The molecular formula is C13H15BrClN3. The molecule has 0 aliphatic rings. The molecule has 0 saturated carbocycles. The first-order chi connectivity index (χ1) is 8.61. The molecule has 1 atom stereocenters. The summed E-state index contributed by atoms with van der Waals surface area (Å²) < 4.78 is 2.82. The van der Waals surface area contributed by atoms with Gasteiger partial charge in [0, 0.05) is 28.3 Å². The molecule has 2 rings (SSSR count). The van der Waals surface area contributed by atoms with Crippen molar-refractivity contribution in [3.63, 3.8) is 0 Å². The van der Waals surface area contributed by atoms with E-state index in [1.807, 2.05) is 37.6 Å². The zero-order valence-electron chi connectivity index (χ0n) is 10.3. The maximum Gasteiger partial charge on any atom is 0.0622 e. The molecule has 1 N–H and O–H groups in total. The molecule has 2 aromatic rings. The van der Waals surface area contributed by atoms with Crippen LogP contribution in [0.3, 0.4) is 0 Å². The highest BCUT2D eigenvalue weighted by Gasteiger charge is 2.17. The molecule has 0 aliphatic carbocycles. The van der Waals surface area contributed by atoms with Crippen LogP contribution in [-0.2, 0) is 7.05 Å². The van der Waals surface area contributed by atoms with E-state index in [-0.39, 0.29) is 6.04 Å². The van der Waals surface area contributed by atoms with E-state index in [4.69, 9.17) is 11.6 Å². The third-order valence-corrected chi connectivity index (χ3v) is 3.57. The molecule has 96 valence electrons. The van der Waals surface area contributed by atoms with Crippen LogP contribution in [0.2, 0.25) is 5.02 Å². The fraction of sp³-hybridized carbons (Fsp3) is 0.308. The zero-order chi connectivity index (χ0) is 13.1. The van der Waals surface area contributed by atoms with Crippen LogP contribution in [0.5, 0.6) is 0 Å². The number of rotatable bonds is 4. The van der Waals surface area contributed by atoms with Gasteiger partial charge >= 0.3 is 0 Å². The van der Waals surface area contributed by atoms with E-state index in [1.165, 1.54) is 0 Å². The Morgan fingerprint density at radius 1 is 1.50 bits per heavy atom. The highest BCUT2D eigenvalue weighted by atomic mass is 79.9. The summed E-state index contributed by atoms with van der Waals surface area (Å²) in [6.07, 6.45) is 3.87. The number of nitrogens with one attached hydrogen (secondary N) is 1. The van der Waals surface area contributed by atoms with Crippen LogP contribution in [0.25, 0.3) is 0 Å². The lowest BCUT2D eigenvalue weighted by Crippen LogP contribution is -2.22. The minimum atomic E-state index is 0.0636. The fourth-order valence-electron chi connectivity index (χ4n) is 1.94.